The molecule has 1 atom stereocenters. The van der Waals surface area contributed by atoms with Crippen molar-refractivity contribution < 1.29 is 14.7 Å². The number of benzene rings is 1. The molecule has 2 aliphatic rings. The molecule has 2 fully saturated rings. The van der Waals surface area contributed by atoms with Crippen LogP contribution in [0.4, 0.5) is 5.69 Å². The molecule has 0 bridgehead atoms. The summed E-state index contributed by atoms with van der Waals surface area (Å²) in [6.07, 6.45) is 3.66. The Kier molecular flexibility index (Phi) is 4.05. The Bertz CT molecular complexity index is 596. The molecule has 2 N–H and O–H groups in total. The fourth-order valence-electron chi connectivity index (χ4n) is 2.91. The van der Waals surface area contributed by atoms with E-state index in [1.165, 1.54) is 0 Å². The number of hydrogen-bond acceptors (Lipinski definition) is 3. The van der Waals surface area contributed by atoms with Crippen LogP contribution >= 0.6 is 0 Å². The largest absolute Gasteiger partial charge is 0.508 e. The number of phenolic OH excluding ortho intramolecular Hbond substituents is 1. The maximum absolute atomic E-state index is 12.4. The third-order valence-electron chi connectivity index (χ3n) is 4.51. The predicted molar refractivity (Wildman–Crippen MR) is 83.5 cm³/mol. The van der Waals surface area contributed by atoms with Crippen molar-refractivity contribution in [3.63, 3.8) is 0 Å². The number of aryl methyl sites for hydroxylation is 1. The Morgan fingerprint density at radius 1 is 1.23 bits per heavy atom. The lowest BCUT2D eigenvalue weighted by atomic mass is 9.96. The Morgan fingerprint density at radius 2 is 2.00 bits per heavy atom. The number of aromatic hydroxyl groups is 1. The Labute approximate surface area is 130 Å². The summed E-state index contributed by atoms with van der Waals surface area (Å²) < 4.78 is 0. The van der Waals surface area contributed by atoms with Crippen LogP contribution in [0.15, 0.2) is 18.2 Å². The van der Waals surface area contributed by atoms with Crippen molar-refractivity contribution in [2.24, 2.45) is 11.8 Å². The number of nitrogens with zero attached hydrogens (tertiary/aromatic N) is 1. The van der Waals surface area contributed by atoms with E-state index in [0.29, 0.717) is 12.2 Å². The van der Waals surface area contributed by atoms with Gasteiger partial charge in [0.15, 0.2) is 0 Å². The number of rotatable bonds is 3. The molecule has 22 heavy (non-hydrogen) atoms. The van der Waals surface area contributed by atoms with E-state index >= 15 is 0 Å². The molecule has 0 aromatic heterocycles. The SMILES string of the molecule is Cc1ccc(NC(=O)[C@H]2CCCN(C(=O)C3CC3)C2)cc1O. The average Bonchev–Trinajstić information content (AvgIpc) is 3.35. The molecular formula is C17H22N2O3. The number of phenols is 1. The molecule has 1 saturated carbocycles. The first-order chi connectivity index (χ1) is 10.5. The van der Waals surface area contributed by atoms with E-state index in [-0.39, 0.29) is 29.4 Å². The van der Waals surface area contributed by atoms with Gasteiger partial charge in [0.25, 0.3) is 0 Å². The van der Waals surface area contributed by atoms with Gasteiger partial charge >= 0.3 is 0 Å². The van der Waals surface area contributed by atoms with Crippen molar-refractivity contribution in [2.75, 3.05) is 18.4 Å². The molecule has 1 aromatic carbocycles. The number of amides is 2. The number of carbonyl (C=O) groups is 2. The highest BCUT2D eigenvalue weighted by atomic mass is 16.3. The molecule has 5 heteroatoms. The second-order valence-corrected chi connectivity index (χ2v) is 6.39. The van der Waals surface area contributed by atoms with Gasteiger partial charge in [-0.1, -0.05) is 6.07 Å². The minimum atomic E-state index is -0.167. The van der Waals surface area contributed by atoms with Crippen LogP contribution in [0.5, 0.6) is 5.75 Å². The normalized spacial score (nSPS) is 21.5. The van der Waals surface area contributed by atoms with Gasteiger partial charge in [-0.2, -0.15) is 0 Å². The number of anilines is 1. The van der Waals surface area contributed by atoms with Gasteiger partial charge in [0, 0.05) is 30.8 Å². The monoisotopic (exact) mass is 302 g/mol. The molecule has 118 valence electrons. The third kappa shape index (κ3) is 3.24. The van der Waals surface area contributed by atoms with E-state index in [1.54, 1.807) is 18.2 Å². The number of carbonyl (C=O) groups excluding carboxylic acids is 2. The van der Waals surface area contributed by atoms with Crippen LogP contribution in [0.25, 0.3) is 0 Å². The summed E-state index contributed by atoms with van der Waals surface area (Å²) in [6.45, 7) is 3.09. The molecule has 1 aromatic rings. The van der Waals surface area contributed by atoms with Crippen molar-refractivity contribution in [2.45, 2.75) is 32.6 Å². The first-order valence-corrected chi connectivity index (χ1v) is 7.94. The average molecular weight is 302 g/mol. The lowest BCUT2D eigenvalue weighted by molar-refractivity contribution is -0.135. The lowest BCUT2D eigenvalue weighted by Gasteiger charge is -2.32. The van der Waals surface area contributed by atoms with Crippen molar-refractivity contribution >= 4 is 17.5 Å². The zero-order valence-electron chi connectivity index (χ0n) is 12.8. The van der Waals surface area contributed by atoms with Gasteiger partial charge in [-0.15, -0.1) is 0 Å². The van der Waals surface area contributed by atoms with E-state index in [9.17, 15) is 14.7 Å². The number of hydrogen-bond donors (Lipinski definition) is 2. The molecule has 3 rings (SSSR count). The maximum Gasteiger partial charge on any atom is 0.229 e. The van der Waals surface area contributed by atoms with Crippen LogP contribution in [-0.2, 0) is 9.59 Å². The topological polar surface area (TPSA) is 69.6 Å². The predicted octanol–water partition coefficient (Wildman–Crippen LogP) is 2.29. The summed E-state index contributed by atoms with van der Waals surface area (Å²) in [5, 5.41) is 12.5. The van der Waals surface area contributed by atoms with Gasteiger partial charge in [0.2, 0.25) is 11.8 Å². The third-order valence-corrected chi connectivity index (χ3v) is 4.51. The molecular weight excluding hydrogens is 280 g/mol. The highest BCUT2D eigenvalue weighted by molar-refractivity contribution is 5.93. The second kappa shape index (κ2) is 5.99. The van der Waals surface area contributed by atoms with Crippen LogP contribution in [0, 0.1) is 18.8 Å². The maximum atomic E-state index is 12.4. The van der Waals surface area contributed by atoms with Crippen molar-refractivity contribution in [1.82, 2.24) is 4.90 Å². The molecule has 0 unspecified atom stereocenters. The number of nitrogens with one attached hydrogen (secondary N) is 1. The van der Waals surface area contributed by atoms with Gasteiger partial charge in [-0.05, 0) is 44.2 Å². The minimum absolute atomic E-state index is 0.0726. The molecule has 5 nitrogen and oxygen atoms in total. The van der Waals surface area contributed by atoms with Crippen LogP contribution in [0.2, 0.25) is 0 Å². The smallest absolute Gasteiger partial charge is 0.229 e. The van der Waals surface area contributed by atoms with Gasteiger partial charge in [-0.3, -0.25) is 9.59 Å². The van der Waals surface area contributed by atoms with Gasteiger partial charge in [0.05, 0.1) is 5.92 Å². The summed E-state index contributed by atoms with van der Waals surface area (Å²) in [6, 6.07) is 5.11. The standard InChI is InChI=1S/C17H22N2O3/c1-11-4-7-14(9-15(11)20)18-16(21)13-3-2-8-19(10-13)17(22)12-5-6-12/h4,7,9,12-13,20H,2-3,5-6,8,10H2,1H3,(H,18,21)/t13-/m0/s1. The summed E-state index contributed by atoms with van der Waals surface area (Å²) in [5.41, 5.74) is 1.37. The van der Waals surface area contributed by atoms with E-state index in [2.05, 4.69) is 5.32 Å². The minimum Gasteiger partial charge on any atom is -0.508 e. The molecule has 0 radical (unpaired) electrons. The van der Waals surface area contributed by atoms with Gasteiger partial charge < -0.3 is 15.3 Å². The summed E-state index contributed by atoms with van der Waals surface area (Å²) >= 11 is 0. The van der Waals surface area contributed by atoms with E-state index < -0.39 is 0 Å². The summed E-state index contributed by atoms with van der Waals surface area (Å²) in [5.74, 6) is 0.352. The van der Waals surface area contributed by atoms with Crippen molar-refractivity contribution in [1.29, 1.82) is 0 Å². The van der Waals surface area contributed by atoms with Crippen LogP contribution in [0.1, 0.15) is 31.2 Å². The quantitative estimate of drug-likeness (QED) is 0.900. The van der Waals surface area contributed by atoms with Crippen LogP contribution in [0.3, 0.4) is 0 Å². The zero-order valence-corrected chi connectivity index (χ0v) is 12.8. The summed E-state index contributed by atoms with van der Waals surface area (Å²) in [4.78, 5) is 26.4. The number of likely N-dealkylation sites (tertiary alicyclic amines) is 1. The highest BCUT2D eigenvalue weighted by Gasteiger charge is 2.36. The van der Waals surface area contributed by atoms with E-state index in [0.717, 1.165) is 37.8 Å². The Morgan fingerprint density at radius 3 is 2.68 bits per heavy atom. The van der Waals surface area contributed by atoms with Crippen LogP contribution < -0.4 is 5.32 Å². The molecule has 2 amide bonds. The van der Waals surface area contributed by atoms with Gasteiger partial charge in [-0.25, -0.2) is 0 Å². The first-order valence-electron chi connectivity index (χ1n) is 7.94. The summed E-state index contributed by atoms with van der Waals surface area (Å²) in [7, 11) is 0. The molecule has 0 spiro atoms. The fraction of sp³-hybridized carbons (Fsp3) is 0.529. The van der Waals surface area contributed by atoms with Crippen molar-refractivity contribution in [3.8, 4) is 5.75 Å². The molecule has 1 saturated heterocycles. The van der Waals surface area contributed by atoms with E-state index in [1.807, 2.05) is 11.8 Å². The fourth-order valence-corrected chi connectivity index (χ4v) is 2.91. The highest BCUT2D eigenvalue weighted by Crippen LogP contribution is 2.32. The molecule has 1 aliphatic heterocycles. The molecule has 1 heterocycles. The Hall–Kier alpha value is -2.04. The lowest BCUT2D eigenvalue weighted by Crippen LogP contribution is -2.44. The first kappa shape index (κ1) is 14.9. The van der Waals surface area contributed by atoms with E-state index in [4.69, 9.17) is 0 Å². The van der Waals surface area contributed by atoms with Crippen molar-refractivity contribution in [3.05, 3.63) is 23.8 Å². The number of piperidine rings is 1. The molecule has 1 aliphatic carbocycles. The van der Waals surface area contributed by atoms with Gasteiger partial charge in [0.1, 0.15) is 5.75 Å². The Balaban J connectivity index is 1.61. The zero-order chi connectivity index (χ0) is 15.7. The second-order valence-electron chi connectivity index (χ2n) is 6.39. The van der Waals surface area contributed by atoms with Crippen LogP contribution in [-0.4, -0.2) is 34.9 Å².